The zero-order valence-electron chi connectivity index (χ0n) is 15.9. The van der Waals surface area contributed by atoms with Crippen LogP contribution >= 0.6 is 11.3 Å². The van der Waals surface area contributed by atoms with E-state index in [4.69, 9.17) is 4.74 Å². The molecule has 2 heterocycles. The molecular formula is C21H20FN3O3S. The number of carbonyl (C=O) groups is 2. The molecule has 1 N–H and O–H groups in total. The van der Waals surface area contributed by atoms with Crippen LogP contribution in [-0.4, -0.2) is 41.9 Å². The summed E-state index contributed by atoms with van der Waals surface area (Å²) >= 11 is 1.39. The minimum atomic E-state index is -0.383. The minimum Gasteiger partial charge on any atom is -0.497 e. The van der Waals surface area contributed by atoms with E-state index in [9.17, 15) is 14.0 Å². The third-order valence-electron chi connectivity index (χ3n) is 5.00. The molecule has 0 bridgehead atoms. The Labute approximate surface area is 171 Å². The van der Waals surface area contributed by atoms with E-state index < -0.39 is 0 Å². The summed E-state index contributed by atoms with van der Waals surface area (Å²) in [4.78, 5) is 31.5. The normalized spacial score (nSPS) is 16.6. The van der Waals surface area contributed by atoms with Crippen LogP contribution in [-0.2, 0) is 4.79 Å². The lowest BCUT2D eigenvalue weighted by molar-refractivity contribution is -0.121. The number of hydrogen-bond donors (Lipinski definition) is 1. The number of fused-ring (bicyclic) bond motifs is 1. The van der Waals surface area contributed by atoms with Crippen LogP contribution in [0.4, 0.5) is 9.52 Å². The van der Waals surface area contributed by atoms with Gasteiger partial charge in [0.2, 0.25) is 5.91 Å². The van der Waals surface area contributed by atoms with Crippen molar-refractivity contribution < 1.29 is 18.7 Å². The standard InChI is InChI=1S/C21H20FN3O3S/c1-28-16-8-9-17-18(11-16)29-21(23-17)24-19(26)14-3-2-10-25(12-14)20(27)13-4-6-15(22)7-5-13/h4-9,11,14H,2-3,10,12H2,1H3,(H,23,24,26)/t14-/m1/s1. The number of anilines is 1. The number of aromatic nitrogens is 1. The number of methoxy groups -OCH3 is 1. The van der Waals surface area contributed by atoms with Gasteiger partial charge >= 0.3 is 0 Å². The summed E-state index contributed by atoms with van der Waals surface area (Å²) in [5.41, 5.74) is 1.22. The van der Waals surface area contributed by atoms with Crippen molar-refractivity contribution in [2.75, 3.05) is 25.5 Å². The van der Waals surface area contributed by atoms with Crippen LogP contribution in [0.1, 0.15) is 23.2 Å². The molecule has 3 aromatic rings. The summed E-state index contributed by atoms with van der Waals surface area (Å²) in [6.07, 6.45) is 1.44. The van der Waals surface area contributed by atoms with E-state index in [-0.39, 0.29) is 23.5 Å². The zero-order valence-corrected chi connectivity index (χ0v) is 16.7. The average Bonchev–Trinajstić information content (AvgIpc) is 3.15. The zero-order chi connectivity index (χ0) is 20.4. The predicted octanol–water partition coefficient (Wildman–Crippen LogP) is 3.93. The molecule has 1 aromatic heterocycles. The molecule has 0 saturated carbocycles. The van der Waals surface area contributed by atoms with E-state index in [1.165, 1.54) is 35.6 Å². The number of rotatable bonds is 4. The molecule has 0 spiro atoms. The summed E-state index contributed by atoms with van der Waals surface area (Å²) in [6.45, 7) is 0.918. The lowest BCUT2D eigenvalue weighted by atomic mass is 9.96. The average molecular weight is 413 g/mol. The van der Waals surface area contributed by atoms with Crippen molar-refractivity contribution in [3.63, 3.8) is 0 Å². The topological polar surface area (TPSA) is 71.5 Å². The quantitative estimate of drug-likeness (QED) is 0.703. The number of halogens is 1. The van der Waals surface area contributed by atoms with Gasteiger partial charge in [-0.1, -0.05) is 11.3 Å². The molecule has 4 rings (SSSR count). The number of carbonyl (C=O) groups excluding carboxylic acids is 2. The fraction of sp³-hybridized carbons (Fsp3) is 0.286. The van der Waals surface area contributed by atoms with Crippen LogP contribution in [0, 0.1) is 11.7 Å². The van der Waals surface area contributed by atoms with Crippen molar-refractivity contribution in [3.05, 3.63) is 53.8 Å². The molecule has 150 valence electrons. The fourth-order valence-corrected chi connectivity index (χ4v) is 4.34. The van der Waals surface area contributed by atoms with Crippen LogP contribution in [0.3, 0.4) is 0 Å². The maximum Gasteiger partial charge on any atom is 0.253 e. The Bertz CT molecular complexity index is 1050. The van der Waals surface area contributed by atoms with Gasteiger partial charge in [-0.05, 0) is 55.3 Å². The first-order valence-corrected chi connectivity index (χ1v) is 10.2. The van der Waals surface area contributed by atoms with Gasteiger partial charge in [-0.15, -0.1) is 0 Å². The molecule has 0 radical (unpaired) electrons. The molecule has 29 heavy (non-hydrogen) atoms. The maximum absolute atomic E-state index is 13.1. The lowest BCUT2D eigenvalue weighted by Gasteiger charge is -2.32. The van der Waals surface area contributed by atoms with Gasteiger partial charge in [0.1, 0.15) is 11.6 Å². The SMILES string of the molecule is COc1ccc2nc(NC(=O)[C@@H]3CCCN(C(=O)c4ccc(F)cc4)C3)sc2c1. The highest BCUT2D eigenvalue weighted by Gasteiger charge is 2.29. The molecule has 1 aliphatic rings. The third kappa shape index (κ3) is 4.22. The predicted molar refractivity (Wildman–Crippen MR) is 110 cm³/mol. The molecule has 1 fully saturated rings. The van der Waals surface area contributed by atoms with E-state index in [2.05, 4.69) is 10.3 Å². The van der Waals surface area contributed by atoms with E-state index in [1.807, 2.05) is 18.2 Å². The molecule has 1 aliphatic heterocycles. The largest absolute Gasteiger partial charge is 0.497 e. The number of likely N-dealkylation sites (tertiary alicyclic amines) is 1. The van der Waals surface area contributed by atoms with Gasteiger partial charge in [0.15, 0.2) is 5.13 Å². The number of piperidine rings is 1. The first-order valence-electron chi connectivity index (χ1n) is 9.34. The van der Waals surface area contributed by atoms with Crippen molar-refractivity contribution in [1.82, 2.24) is 9.88 Å². The smallest absolute Gasteiger partial charge is 0.253 e. The molecular weight excluding hydrogens is 393 g/mol. The van der Waals surface area contributed by atoms with E-state index in [0.717, 1.165) is 22.4 Å². The van der Waals surface area contributed by atoms with Crippen LogP contribution in [0.2, 0.25) is 0 Å². The number of ether oxygens (including phenoxy) is 1. The Morgan fingerprint density at radius 1 is 1.24 bits per heavy atom. The molecule has 2 aromatic carbocycles. The van der Waals surface area contributed by atoms with Gasteiger partial charge in [-0.2, -0.15) is 0 Å². The Morgan fingerprint density at radius 2 is 2.03 bits per heavy atom. The van der Waals surface area contributed by atoms with Crippen molar-refractivity contribution in [3.8, 4) is 5.75 Å². The minimum absolute atomic E-state index is 0.146. The molecule has 2 amide bonds. The molecule has 1 atom stereocenters. The van der Waals surface area contributed by atoms with Gasteiger partial charge in [0.25, 0.3) is 5.91 Å². The summed E-state index contributed by atoms with van der Waals surface area (Å²) in [5, 5.41) is 3.41. The molecule has 0 unspecified atom stereocenters. The second-order valence-corrected chi connectivity index (χ2v) is 7.97. The highest BCUT2D eigenvalue weighted by Crippen LogP contribution is 2.30. The highest BCUT2D eigenvalue weighted by molar-refractivity contribution is 7.22. The number of nitrogens with one attached hydrogen (secondary N) is 1. The Hall–Kier alpha value is -3.00. The number of thiazole rings is 1. The second-order valence-electron chi connectivity index (χ2n) is 6.94. The van der Waals surface area contributed by atoms with Gasteiger partial charge in [-0.25, -0.2) is 9.37 Å². The summed E-state index contributed by atoms with van der Waals surface area (Å²) in [5.74, 6) is -0.288. The number of nitrogens with zero attached hydrogens (tertiary/aromatic N) is 2. The maximum atomic E-state index is 13.1. The molecule has 0 aliphatic carbocycles. The van der Waals surface area contributed by atoms with Crippen molar-refractivity contribution in [2.24, 2.45) is 5.92 Å². The molecule has 6 nitrogen and oxygen atoms in total. The number of benzene rings is 2. The van der Waals surface area contributed by atoms with Crippen LogP contribution in [0.15, 0.2) is 42.5 Å². The fourth-order valence-electron chi connectivity index (χ4n) is 3.44. The van der Waals surface area contributed by atoms with Crippen molar-refractivity contribution >= 4 is 38.5 Å². The number of amides is 2. The number of hydrogen-bond acceptors (Lipinski definition) is 5. The Balaban J connectivity index is 1.43. The Morgan fingerprint density at radius 3 is 2.79 bits per heavy atom. The Kier molecular flexibility index (Phi) is 5.44. The first kappa shape index (κ1) is 19.3. The molecule has 8 heteroatoms. The van der Waals surface area contributed by atoms with Gasteiger partial charge in [0, 0.05) is 18.7 Å². The lowest BCUT2D eigenvalue weighted by Crippen LogP contribution is -2.43. The van der Waals surface area contributed by atoms with Gasteiger partial charge in [0.05, 0.1) is 23.2 Å². The van der Waals surface area contributed by atoms with Gasteiger partial charge in [-0.3, -0.25) is 9.59 Å². The van der Waals surface area contributed by atoms with E-state index in [1.54, 1.807) is 12.0 Å². The van der Waals surface area contributed by atoms with Crippen LogP contribution in [0.25, 0.3) is 10.2 Å². The van der Waals surface area contributed by atoms with Crippen LogP contribution < -0.4 is 10.1 Å². The summed E-state index contributed by atoms with van der Waals surface area (Å²) < 4.78 is 19.2. The first-order chi connectivity index (χ1) is 14.0. The van der Waals surface area contributed by atoms with Crippen molar-refractivity contribution in [1.29, 1.82) is 0 Å². The summed E-state index contributed by atoms with van der Waals surface area (Å²) in [6, 6.07) is 11.0. The summed E-state index contributed by atoms with van der Waals surface area (Å²) in [7, 11) is 1.60. The van der Waals surface area contributed by atoms with E-state index in [0.29, 0.717) is 30.2 Å². The van der Waals surface area contributed by atoms with Gasteiger partial charge < -0.3 is 15.0 Å². The monoisotopic (exact) mass is 413 g/mol. The third-order valence-corrected chi connectivity index (χ3v) is 5.93. The van der Waals surface area contributed by atoms with Crippen LogP contribution in [0.5, 0.6) is 5.75 Å². The highest BCUT2D eigenvalue weighted by atomic mass is 32.1. The van der Waals surface area contributed by atoms with E-state index >= 15 is 0 Å². The van der Waals surface area contributed by atoms with Crippen molar-refractivity contribution in [2.45, 2.75) is 12.8 Å². The second kappa shape index (κ2) is 8.16. The molecule has 1 saturated heterocycles.